The van der Waals surface area contributed by atoms with E-state index in [9.17, 15) is 4.79 Å². The second-order valence-electron chi connectivity index (χ2n) is 6.45. The zero-order chi connectivity index (χ0) is 19.9. The highest BCUT2D eigenvalue weighted by Gasteiger charge is 2.08. The Kier molecular flexibility index (Phi) is 6.20. The number of likely N-dealkylation sites (N-methyl/N-ethyl adjacent to an activating group) is 1. The van der Waals surface area contributed by atoms with E-state index in [0.717, 1.165) is 23.7 Å². The van der Waals surface area contributed by atoms with Gasteiger partial charge in [-0.05, 0) is 62.6 Å². The zero-order valence-electron chi connectivity index (χ0n) is 16.0. The molecular weight excluding hydrogens is 354 g/mol. The van der Waals surface area contributed by atoms with Gasteiger partial charge >= 0.3 is 5.69 Å². The van der Waals surface area contributed by atoms with E-state index in [4.69, 9.17) is 15.9 Å². The van der Waals surface area contributed by atoms with Crippen LogP contribution in [0.2, 0.25) is 0 Å². The van der Waals surface area contributed by atoms with E-state index in [2.05, 4.69) is 10.8 Å². The lowest BCUT2D eigenvalue weighted by Crippen LogP contribution is -2.21. The molecule has 0 fully saturated rings. The van der Waals surface area contributed by atoms with Crippen molar-refractivity contribution in [3.05, 3.63) is 71.4 Å². The van der Waals surface area contributed by atoms with Crippen LogP contribution in [-0.2, 0) is 0 Å². The second kappa shape index (κ2) is 8.98. The van der Waals surface area contributed by atoms with Crippen LogP contribution in [-0.4, -0.2) is 47.9 Å². The minimum atomic E-state index is -0.154. The van der Waals surface area contributed by atoms with Gasteiger partial charge in [-0.1, -0.05) is 5.92 Å². The van der Waals surface area contributed by atoms with Gasteiger partial charge in [-0.2, -0.15) is 0 Å². The van der Waals surface area contributed by atoms with Crippen molar-refractivity contribution in [3.63, 3.8) is 0 Å². The summed E-state index contributed by atoms with van der Waals surface area (Å²) in [6, 6.07) is 14.7. The van der Waals surface area contributed by atoms with Gasteiger partial charge in [0.15, 0.2) is 0 Å². The maximum Gasteiger partial charge on any atom is 0.337 e. The van der Waals surface area contributed by atoms with Gasteiger partial charge in [0.1, 0.15) is 24.7 Å². The first-order chi connectivity index (χ1) is 13.6. The summed E-state index contributed by atoms with van der Waals surface area (Å²) in [5, 5.41) is 0. The smallest absolute Gasteiger partial charge is 0.337 e. The lowest BCUT2D eigenvalue weighted by molar-refractivity contribution is 0.261. The van der Waals surface area contributed by atoms with E-state index in [1.807, 2.05) is 50.5 Å². The summed E-state index contributed by atoms with van der Waals surface area (Å²) in [7, 11) is 4.00. The first kappa shape index (κ1) is 19.3. The van der Waals surface area contributed by atoms with Crippen molar-refractivity contribution in [2.24, 2.45) is 0 Å². The number of hydrogen-bond acceptors (Lipinski definition) is 4. The van der Waals surface area contributed by atoms with Gasteiger partial charge in [-0.3, -0.25) is 9.13 Å². The monoisotopic (exact) mass is 377 g/mol. The number of benzene rings is 2. The van der Waals surface area contributed by atoms with Crippen LogP contribution >= 0.6 is 0 Å². The van der Waals surface area contributed by atoms with Crippen molar-refractivity contribution in [3.8, 4) is 35.2 Å². The predicted molar refractivity (Wildman–Crippen MR) is 110 cm³/mol. The first-order valence-corrected chi connectivity index (χ1v) is 8.93. The van der Waals surface area contributed by atoms with Crippen LogP contribution in [0.1, 0.15) is 0 Å². The number of ether oxygens (including phenoxy) is 2. The molecule has 0 unspecified atom stereocenters. The fourth-order valence-corrected chi connectivity index (χ4v) is 2.65. The predicted octanol–water partition coefficient (Wildman–Crippen LogP) is 2.58. The Morgan fingerprint density at radius 3 is 1.86 bits per heavy atom. The number of terminal acetylenes is 1. The molecule has 28 heavy (non-hydrogen) atoms. The summed E-state index contributed by atoms with van der Waals surface area (Å²) in [5.41, 5.74) is 1.37. The third kappa shape index (κ3) is 4.64. The lowest BCUT2D eigenvalue weighted by Gasteiger charge is -2.11. The number of hydrogen-bond donors (Lipinski definition) is 0. The molecule has 6 nitrogen and oxygen atoms in total. The molecule has 0 N–H and O–H groups in total. The SMILES string of the molecule is C#CCOc1ccc(-n2ccn(-c3ccc(OCCN(C)C)cc3)c2=O)cc1. The number of aromatic nitrogens is 2. The third-order valence-electron chi connectivity index (χ3n) is 4.14. The van der Waals surface area contributed by atoms with Gasteiger partial charge in [0.2, 0.25) is 0 Å². The highest BCUT2D eigenvalue weighted by atomic mass is 16.5. The van der Waals surface area contributed by atoms with Crippen LogP contribution in [0.5, 0.6) is 11.5 Å². The Morgan fingerprint density at radius 2 is 1.39 bits per heavy atom. The van der Waals surface area contributed by atoms with E-state index < -0.39 is 0 Å². The highest BCUT2D eigenvalue weighted by molar-refractivity contribution is 5.40. The molecule has 0 aliphatic heterocycles. The van der Waals surface area contributed by atoms with Crippen molar-refractivity contribution >= 4 is 0 Å². The standard InChI is InChI=1S/C22H23N3O3/c1-4-16-27-20-9-5-18(6-10-20)24-13-14-25(22(24)26)19-7-11-21(12-8-19)28-17-15-23(2)3/h1,5-14H,15-17H2,2-3H3. The fraction of sp³-hybridized carbons (Fsp3) is 0.227. The summed E-state index contributed by atoms with van der Waals surface area (Å²) in [5.74, 6) is 3.87. The molecule has 3 rings (SSSR count). The zero-order valence-corrected chi connectivity index (χ0v) is 16.0. The van der Waals surface area contributed by atoms with Crippen LogP contribution in [0.25, 0.3) is 11.4 Å². The largest absolute Gasteiger partial charge is 0.492 e. The van der Waals surface area contributed by atoms with Gasteiger partial charge in [0.05, 0.1) is 11.4 Å². The van der Waals surface area contributed by atoms with Crippen LogP contribution in [0, 0.1) is 12.3 Å². The highest BCUT2D eigenvalue weighted by Crippen LogP contribution is 2.17. The summed E-state index contributed by atoms with van der Waals surface area (Å²) >= 11 is 0. The van der Waals surface area contributed by atoms with Crippen LogP contribution in [0.15, 0.2) is 65.7 Å². The Hall–Kier alpha value is -3.43. The maximum atomic E-state index is 12.8. The molecule has 3 aromatic rings. The van der Waals surface area contributed by atoms with Crippen LogP contribution in [0.4, 0.5) is 0 Å². The normalized spacial score (nSPS) is 10.6. The summed E-state index contributed by atoms with van der Waals surface area (Å²) < 4.78 is 14.2. The average Bonchev–Trinajstić information content (AvgIpc) is 3.08. The Morgan fingerprint density at radius 1 is 0.893 bits per heavy atom. The van der Waals surface area contributed by atoms with Crippen LogP contribution in [0.3, 0.4) is 0 Å². The van der Waals surface area contributed by atoms with Crippen molar-refractivity contribution in [1.29, 1.82) is 0 Å². The van der Waals surface area contributed by atoms with Gasteiger partial charge in [0, 0.05) is 18.9 Å². The Bertz CT molecular complexity index is 993. The molecule has 6 heteroatoms. The van der Waals surface area contributed by atoms with Gasteiger partial charge < -0.3 is 14.4 Å². The second-order valence-corrected chi connectivity index (χ2v) is 6.45. The first-order valence-electron chi connectivity index (χ1n) is 8.93. The molecule has 0 aliphatic carbocycles. The minimum Gasteiger partial charge on any atom is -0.492 e. The Balaban J connectivity index is 1.74. The molecule has 0 saturated heterocycles. The van der Waals surface area contributed by atoms with E-state index >= 15 is 0 Å². The number of rotatable bonds is 8. The molecule has 0 bridgehead atoms. The lowest BCUT2D eigenvalue weighted by atomic mass is 10.3. The average molecular weight is 377 g/mol. The molecule has 144 valence electrons. The molecule has 0 aliphatic rings. The molecule has 0 spiro atoms. The molecule has 1 aromatic heterocycles. The minimum absolute atomic E-state index is 0.154. The molecule has 0 saturated carbocycles. The molecule has 0 radical (unpaired) electrons. The van der Waals surface area contributed by atoms with Crippen molar-refractivity contribution in [2.75, 3.05) is 33.9 Å². The third-order valence-corrected chi connectivity index (χ3v) is 4.14. The van der Waals surface area contributed by atoms with Crippen molar-refractivity contribution in [2.45, 2.75) is 0 Å². The quantitative estimate of drug-likeness (QED) is 0.566. The molecule has 0 atom stereocenters. The van der Waals surface area contributed by atoms with Gasteiger partial charge in [-0.25, -0.2) is 4.79 Å². The van der Waals surface area contributed by atoms with Crippen LogP contribution < -0.4 is 15.2 Å². The Labute approximate surface area is 164 Å². The fourth-order valence-electron chi connectivity index (χ4n) is 2.65. The van der Waals surface area contributed by atoms with Gasteiger partial charge in [-0.15, -0.1) is 6.42 Å². The molecular formula is C22H23N3O3. The van der Waals surface area contributed by atoms with E-state index in [0.29, 0.717) is 12.4 Å². The van der Waals surface area contributed by atoms with Gasteiger partial charge in [0.25, 0.3) is 0 Å². The number of nitrogens with zero attached hydrogens (tertiary/aromatic N) is 3. The summed E-state index contributed by atoms with van der Waals surface area (Å²) in [6.45, 7) is 1.67. The molecule has 2 aromatic carbocycles. The molecule has 0 amide bonds. The van der Waals surface area contributed by atoms with Crippen molar-refractivity contribution in [1.82, 2.24) is 14.0 Å². The van der Waals surface area contributed by atoms with E-state index in [1.165, 1.54) is 0 Å². The maximum absolute atomic E-state index is 12.8. The van der Waals surface area contributed by atoms with E-state index in [1.54, 1.807) is 33.7 Å². The topological polar surface area (TPSA) is 48.6 Å². The summed E-state index contributed by atoms with van der Waals surface area (Å²) in [6.07, 6.45) is 8.67. The van der Waals surface area contributed by atoms with Crippen molar-refractivity contribution < 1.29 is 9.47 Å². The molecule has 1 heterocycles. The number of imidazole rings is 1. The van der Waals surface area contributed by atoms with E-state index in [-0.39, 0.29) is 12.3 Å². The summed E-state index contributed by atoms with van der Waals surface area (Å²) in [4.78, 5) is 14.9.